The van der Waals surface area contributed by atoms with Gasteiger partial charge in [-0.2, -0.15) is 0 Å². The van der Waals surface area contributed by atoms with Crippen molar-refractivity contribution < 1.29 is 18.8 Å². The molecule has 2 aliphatic heterocycles. The molecule has 1 atom stereocenters. The second kappa shape index (κ2) is 6.98. The summed E-state index contributed by atoms with van der Waals surface area (Å²) >= 11 is 0. The van der Waals surface area contributed by atoms with Crippen molar-refractivity contribution in [2.45, 2.75) is 25.9 Å². The van der Waals surface area contributed by atoms with Gasteiger partial charge < -0.3 is 14.6 Å². The molecule has 1 aromatic carbocycles. The molecule has 2 heterocycles. The summed E-state index contributed by atoms with van der Waals surface area (Å²) in [6.45, 7) is 3.68. The molecule has 0 N–H and O–H groups in total. The fraction of sp³-hybridized carbons (Fsp3) is 0.471. The standard InChI is InChI=1S/C17H20FN3O3/c1-12(22)20-6-8-21(9-7-20)17(23)16-11-15(19-24-16)10-13-2-4-14(18)5-3-13/h2-5,16H,6-11H2,1H3. The zero-order chi connectivity index (χ0) is 17.1. The highest BCUT2D eigenvalue weighted by Gasteiger charge is 2.33. The first kappa shape index (κ1) is 16.4. The molecule has 1 aromatic rings. The average molecular weight is 333 g/mol. The predicted molar refractivity (Wildman–Crippen MR) is 85.9 cm³/mol. The van der Waals surface area contributed by atoms with Crippen LogP contribution in [-0.4, -0.2) is 59.6 Å². The van der Waals surface area contributed by atoms with Crippen molar-refractivity contribution >= 4 is 17.5 Å². The lowest BCUT2D eigenvalue weighted by Crippen LogP contribution is -2.52. The topological polar surface area (TPSA) is 62.2 Å². The fourth-order valence-electron chi connectivity index (χ4n) is 2.95. The number of carbonyl (C=O) groups is 2. The maximum absolute atomic E-state index is 12.9. The van der Waals surface area contributed by atoms with Crippen molar-refractivity contribution in [1.82, 2.24) is 9.80 Å². The highest BCUT2D eigenvalue weighted by Crippen LogP contribution is 2.18. The minimum absolute atomic E-state index is 0.0316. The Morgan fingerprint density at radius 3 is 2.42 bits per heavy atom. The van der Waals surface area contributed by atoms with Gasteiger partial charge in [0.25, 0.3) is 5.91 Å². The summed E-state index contributed by atoms with van der Waals surface area (Å²) in [5, 5.41) is 4.00. The Morgan fingerprint density at radius 1 is 1.17 bits per heavy atom. The number of benzene rings is 1. The van der Waals surface area contributed by atoms with Gasteiger partial charge in [-0.3, -0.25) is 9.59 Å². The molecule has 0 aliphatic carbocycles. The van der Waals surface area contributed by atoms with Gasteiger partial charge in [-0.1, -0.05) is 17.3 Å². The van der Waals surface area contributed by atoms with Crippen LogP contribution in [0.15, 0.2) is 29.4 Å². The van der Waals surface area contributed by atoms with E-state index in [1.54, 1.807) is 21.9 Å². The van der Waals surface area contributed by atoms with E-state index in [-0.39, 0.29) is 17.6 Å². The van der Waals surface area contributed by atoms with Gasteiger partial charge in [0.15, 0.2) is 0 Å². The van der Waals surface area contributed by atoms with E-state index in [1.807, 2.05) is 0 Å². The van der Waals surface area contributed by atoms with Gasteiger partial charge >= 0.3 is 0 Å². The van der Waals surface area contributed by atoms with Gasteiger partial charge in [0.2, 0.25) is 12.0 Å². The molecule has 128 valence electrons. The predicted octanol–water partition coefficient (Wildman–Crippen LogP) is 1.20. The summed E-state index contributed by atoms with van der Waals surface area (Å²) in [4.78, 5) is 32.6. The van der Waals surface area contributed by atoms with Crippen molar-refractivity contribution in [1.29, 1.82) is 0 Å². The van der Waals surface area contributed by atoms with Crippen molar-refractivity contribution in [3.63, 3.8) is 0 Å². The van der Waals surface area contributed by atoms with Gasteiger partial charge in [0, 0.05) is 45.9 Å². The largest absolute Gasteiger partial charge is 0.382 e. The second-order valence-corrected chi connectivity index (χ2v) is 6.09. The zero-order valence-corrected chi connectivity index (χ0v) is 13.6. The molecule has 24 heavy (non-hydrogen) atoms. The Labute approximate surface area is 139 Å². The maximum Gasteiger partial charge on any atom is 0.267 e. The average Bonchev–Trinajstić information content (AvgIpc) is 3.05. The minimum Gasteiger partial charge on any atom is -0.382 e. The lowest BCUT2D eigenvalue weighted by molar-refractivity contribution is -0.146. The lowest BCUT2D eigenvalue weighted by atomic mass is 10.0. The van der Waals surface area contributed by atoms with Crippen molar-refractivity contribution in [3.8, 4) is 0 Å². The second-order valence-electron chi connectivity index (χ2n) is 6.09. The summed E-state index contributed by atoms with van der Waals surface area (Å²) in [5.74, 6) is -0.332. The Hall–Kier alpha value is -2.44. The Kier molecular flexibility index (Phi) is 4.78. The summed E-state index contributed by atoms with van der Waals surface area (Å²) < 4.78 is 12.9. The summed E-state index contributed by atoms with van der Waals surface area (Å²) in [6.07, 6.45) is 0.398. The number of halogens is 1. The number of hydrogen-bond acceptors (Lipinski definition) is 4. The Morgan fingerprint density at radius 2 is 1.79 bits per heavy atom. The fourth-order valence-corrected chi connectivity index (χ4v) is 2.95. The molecule has 1 fully saturated rings. The van der Waals surface area contributed by atoms with Crippen molar-refractivity contribution in [2.24, 2.45) is 5.16 Å². The van der Waals surface area contributed by atoms with Crippen LogP contribution in [0.25, 0.3) is 0 Å². The van der Waals surface area contributed by atoms with Crippen LogP contribution in [0.1, 0.15) is 18.9 Å². The number of hydrogen-bond donors (Lipinski definition) is 0. The van der Waals surface area contributed by atoms with E-state index in [2.05, 4.69) is 5.16 Å². The number of carbonyl (C=O) groups excluding carboxylic acids is 2. The van der Waals surface area contributed by atoms with Gasteiger partial charge in [-0.25, -0.2) is 4.39 Å². The van der Waals surface area contributed by atoms with E-state index in [1.165, 1.54) is 19.1 Å². The molecule has 6 nitrogen and oxygen atoms in total. The molecule has 0 radical (unpaired) electrons. The summed E-state index contributed by atoms with van der Waals surface area (Å²) in [6, 6.07) is 6.22. The van der Waals surface area contributed by atoms with Crippen LogP contribution in [0.2, 0.25) is 0 Å². The zero-order valence-electron chi connectivity index (χ0n) is 13.6. The first-order valence-electron chi connectivity index (χ1n) is 8.03. The van der Waals surface area contributed by atoms with Gasteiger partial charge in [0.05, 0.1) is 5.71 Å². The van der Waals surface area contributed by atoms with Crippen molar-refractivity contribution in [2.75, 3.05) is 26.2 Å². The smallest absolute Gasteiger partial charge is 0.267 e. The maximum atomic E-state index is 12.9. The number of nitrogens with zero attached hydrogens (tertiary/aromatic N) is 3. The molecule has 0 spiro atoms. The van der Waals surface area contributed by atoms with Gasteiger partial charge in [-0.15, -0.1) is 0 Å². The van der Waals surface area contributed by atoms with Crippen LogP contribution in [0.3, 0.4) is 0 Å². The molecule has 1 saturated heterocycles. The van der Waals surface area contributed by atoms with E-state index in [9.17, 15) is 14.0 Å². The highest BCUT2D eigenvalue weighted by molar-refractivity contribution is 5.94. The van der Waals surface area contributed by atoms with Crippen molar-refractivity contribution in [3.05, 3.63) is 35.6 Å². The minimum atomic E-state index is -0.593. The number of amides is 2. The Bertz CT molecular complexity index is 652. The molecule has 7 heteroatoms. The van der Waals surface area contributed by atoms with Crippen LogP contribution in [-0.2, 0) is 20.8 Å². The molecular formula is C17H20FN3O3. The molecule has 2 amide bonds. The van der Waals surface area contributed by atoms with E-state index in [0.717, 1.165) is 11.3 Å². The molecule has 3 rings (SSSR count). The third kappa shape index (κ3) is 3.72. The molecular weight excluding hydrogens is 313 g/mol. The van der Waals surface area contributed by atoms with E-state index >= 15 is 0 Å². The number of piperazine rings is 1. The van der Waals surface area contributed by atoms with Crippen LogP contribution in [0, 0.1) is 5.82 Å². The third-order valence-electron chi connectivity index (χ3n) is 4.36. The first-order valence-corrected chi connectivity index (χ1v) is 8.03. The summed E-state index contributed by atoms with van der Waals surface area (Å²) in [7, 11) is 0. The normalized spacial score (nSPS) is 20.6. The third-order valence-corrected chi connectivity index (χ3v) is 4.36. The number of rotatable bonds is 3. The van der Waals surface area contributed by atoms with Crippen LogP contribution >= 0.6 is 0 Å². The molecule has 1 unspecified atom stereocenters. The molecule has 0 bridgehead atoms. The monoisotopic (exact) mass is 333 g/mol. The molecule has 0 aromatic heterocycles. The van der Waals surface area contributed by atoms with Gasteiger partial charge in [-0.05, 0) is 17.7 Å². The lowest BCUT2D eigenvalue weighted by Gasteiger charge is -2.34. The molecule has 2 aliphatic rings. The van der Waals surface area contributed by atoms with E-state index in [4.69, 9.17) is 4.84 Å². The van der Waals surface area contributed by atoms with Crippen LogP contribution < -0.4 is 0 Å². The van der Waals surface area contributed by atoms with E-state index < -0.39 is 6.10 Å². The first-order chi connectivity index (χ1) is 11.5. The van der Waals surface area contributed by atoms with Crippen LogP contribution in [0.5, 0.6) is 0 Å². The summed E-state index contributed by atoms with van der Waals surface area (Å²) in [5.41, 5.74) is 1.71. The number of oxime groups is 1. The van der Waals surface area contributed by atoms with E-state index in [0.29, 0.717) is 39.0 Å². The quantitative estimate of drug-likeness (QED) is 0.835. The Balaban J connectivity index is 1.50. The SMILES string of the molecule is CC(=O)N1CCN(C(=O)C2CC(Cc3ccc(F)cc3)=NO2)CC1. The highest BCUT2D eigenvalue weighted by atomic mass is 19.1. The van der Waals surface area contributed by atoms with Gasteiger partial charge in [0.1, 0.15) is 5.82 Å². The van der Waals surface area contributed by atoms with Crippen LogP contribution in [0.4, 0.5) is 4.39 Å². The molecule has 0 saturated carbocycles.